The summed E-state index contributed by atoms with van der Waals surface area (Å²) in [5, 5.41) is 3.04. The highest BCUT2D eigenvalue weighted by Gasteiger charge is 2.23. The first kappa shape index (κ1) is 14.1. The molecule has 1 aliphatic heterocycles. The Labute approximate surface area is 127 Å². The van der Waals surface area contributed by atoms with E-state index in [0.717, 1.165) is 28.2 Å². The van der Waals surface area contributed by atoms with E-state index in [9.17, 15) is 9.18 Å². The van der Waals surface area contributed by atoms with Gasteiger partial charge in [-0.15, -0.1) is 11.8 Å². The smallest absolute Gasteiger partial charge is 0.252 e. The molecule has 2 aromatic carbocycles. The molecule has 1 atom stereocenters. The number of fused-ring (bicyclic) bond motifs is 1. The van der Waals surface area contributed by atoms with Crippen LogP contribution in [-0.2, 0) is 0 Å². The van der Waals surface area contributed by atoms with Crippen molar-refractivity contribution in [2.75, 3.05) is 5.75 Å². The van der Waals surface area contributed by atoms with Crippen molar-refractivity contribution in [3.8, 4) is 0 Å². The van der Waals surface area contributed by atoms with Gasteiger partial charge in [0, 0.05) is 16.2 Å². The van der Waals surface area contributed by atoms with Gasteiger partial charge < -0.3 is 5.32 Å². The number of hydrogen-bond donors (Lipinski definition) is 1. The van der Waals surface area contributed by atoms with Gasteiger partial charge in [0.15, 0.2) is 0 Å². The van der Waals surface area contributed by atoms with E-state index in [2.05, 4.69) is 5.32 Å². The molecule has 1 N–H and O–H groups in total. The lowest BCUT2D eigenvalue weighted by Crippen LogP contribution is -2.31. The topological polar surface area (TPSA) is 29.1 Å². The molecule has 4 heteroatoms. The second-order valence-electron chi connectivity index (χ2n) is 5.16. The fourth-order valence-electron chi connectivity index (χ4n) is 2.58. The van der Waals surface area contributed by atoms with Crippen molar-refractivity contribution in [1.29, 1.82) is 0 Å². The molecule has 0 aliphatic carbocycles. The Hall–Kier alpha value is -1.81. The van der Waals surface area contributed by atoms with Crippen LogP contribution < -0.4 is 5.32 Å². The average Bonchev–Trinajstić information content (AvgIpc) is 2.48. The predicted molar refractivity (Wildman–Crippen MR) is 83.1 cm³/mol. The Balaban J connectivity index is 1.85. The summed E-state index contributed by atoms with van der Waals surface area (Å²) in [6, 6.07) is 12.2. The molecular formula is C17H16FNOS. The fraction of sp³-hybridized carbons (Fsp3) is 0.235. The number of halogens is 1. The Morgan fingerprint density at radius 2 is 2.10 bits per heavy atom. The van der Waals surface area contributed by atoms with Crippen LogP contribution in [0.2, 0.25) is 0 Å². The van der Waals surface area contributed by atoms with Crippen molar-refractivity contribution < 1.29 is 9.18 Å². The highest BCUT2D eigenvalue weighted by molar-refractivity contribution is 7.99. The van der Waals surface area contributed by atoms with Crippen molar-refractivity contribution in [2.45, 2.75) is 24.3 Å². The number of thioether (sulfide) groups is 1. The molecule has 0 saturated heterocycles. The van der Waals surface area contributed by atoms with E-state index in [0.29, 0.717) is 5.56 Å². The third-order valence-electron chi connectivity index (χ3n) is 3.71. The number of rotatable bonds is 2. The highest BCUT2D eigenvalue weighted by Crippen LogP contribution is 2.36. The van der Waals surface area contributed by atoms with E-state index in [1.807, 2.05) is 31.2 Å². The van der Waals surface area contributed by atoms with Gasteiger partial charge in [-0.2, -0.15) is 0 Å². The molecule has 2 nitrogen and oxygen atoms in total. The molecule has 0 fully saturated rings. The van der Waals surface area contributed by atoms with Crippen LogP contribution in [0.5, 0.6) is 0 Å². The number of hydrogen-bond acceptors (Lipinski definition) is 2. The Morgan fingerprint density at radius 3 is 2.90 bits per heavy atom. The summed E-state index contributed by atoms with van der Waals surface area (Å²) in [5.41, 5.74) is 2.50. The monoisotopic (exact) mass is 301 g/mol. The molecule has 0 spiro atoms. The van der Waals surface area contributed by atoms with Crippen LogP contribution in [0.25, 0.3) is 0 Å². The molecule has 0 radical (unpaired) electrons. The Kier molecular flexibility index (Phi) is 3.97. The molecule has 1 aliphatic rings. The first-order valence-electron chi connectivity index (χ1n) is 6.94. The van der Waals surface area contributed by atoms with Gasteiger partial charge in [-0.3, -0.25) is 4.79 Å². The quantitative estimate of drug-likeness (QED) is 0.904. The third-order valence-corrected chi connectivity index (χ3v) is 4.83. The Bertz CT molecular complexity index is 686. The van der Waals surface area contributed by atoms with Gasteiger partial charge in [0.25, 0.3) is 5.91 Å². The van der Waals surface area contributed by atoms with Gasteiger partial charge in [0.1, 0.15) is 5.82 Å². The first-order valence-corrected chi connectivity index (χ1v) is 7.92. The van der Waals surface area contributed by atoms with Crippen LogP contribution in [0.1, 0.15) is 33.9 Å². The Morgan fingerprint density at radius 1 is 1.29 bits per heavy atom. The summed E-state index contributed by atoms with van der Waals surface area (Å²) in [7, 11) is 0. The fourth-order valence-corrected chi connectivity index (χ4v) is 3.68. The lowest BCUT2D eigenvalue weighted by molar-refractivity contribution is 0.0934. The molecule has 108 valence electrons. The van der Waals surface area contributed by atoms with Crippen molar-refractivity contribution in [3.05, 3.63) is 65.0 Å². The second kappa shape index (κ2) is 5.90. The van der Waals surface area contributed by atoms with Crippen LogP contribution in [0.3, 0.4) is 0 Å². The molecule has 3 rings (SSSR count). The van der Waals surface area contributed by atoms with Crippen molar-refractivity contribution in [3.63, 3.8) is 0 Å². The van der Waals surface area contributed by atoms with Crippen LogP contribution in [0.15, 0.2) is 47.4 Å². The minimum absolute atomic E-state index is 0.0970. The summed E-state index contributed by atoms with van der Waals surface area (Å²) in [5.74, 6) is 0.573. The van der Waals surface area contributed by atoms with Gasteiger partial charge in [-0.05, 0) is 48.7 Å². The summed E-state index contributed by atoms with van der Waals surface area (Å²) in [4.78, 5) is 13.5. The molecule has 0 bridgehead atoms. The van der Waals surface area contributed by atoms with Gasteiger partial charge in [-0.1, -0.05) is 18.2 Å². The number of amides is 1. The van der Waals surface area contributed by atoms with Gasteiger partial charge >= 0.3 is 0 Å². The zero-order valence-electron chi connectivity index (χ0n) is 11.7. The molecular weight excluding hydrogens is 285 g/mol. The van der Waals surface area contributed by atoms with E-state index in [1.165, 1.54) is 12.1 Å². The molecule has 1 unspecified atom stereocenters. The van der Waals surface area contributed by atoms with E-state index < -0.39 is 0 Å². The van der Waals surface area contributed by atoms with Gasteiger partial charge in [0.05, 0.1) is 6.04 Å². The van der Waals surface area contributed by atoms with E-state index in [4.69, 9.17) is 0 Å². The third kappa shape index (κ3) is 2.95. The number of carbonyl (C=O) groups is 1. The zero-order chi connectivity index (χ0) is 14.8. The minimum Gasteiger partial charge on any atom is -0.345 e. The van der Waals surface area contributed by atoms with Gasteiger partial charge in [-0.25, -0.2) is 4.39 Å². The number of aryl methyl sites for hydroxylation is 1. The minimum atomic E-state index is -0.258. The summed E-state index contributed by atoms with van der Waals surface area (Å²) < 4.78 is 13.5. The number of benzene rings is 2. The average molecular weight is 301 g/mol. The lowest BCUT2D eigenvalue weighted by Gasteiger charge is -2.26. The largest absolute Gasteiger partial charge is 0.345 e. The van der Waals surface area contributed by atoms with Crippen LogP contribution >= 0.6 is 11.8 Å². The highest BCUT2D eigenvalue weighted by atomic mass is 32.2. The zero-order valence-corrected chi connectivity index (χ0v) is 12.5. The number of nitrogens with one attached hydrogen (secondary N) is 1. The molecule has 0 aromatic heterocycles. The van der Waals surface area contributed by atoms with Gasteiger partial charge in [0.2, 0.25) is 0 Å². The first-order chi connectivity index (χ1) is 10.1. The molecule has 1 amide bonds. The maximum Gasteiger partial charge on any atom is 0.252 e. The summed E-state index contributed by atoms with van der Waals surface area (Å²) in [6.45, 7) is 1.92. The maximum absolute atomic E-state index is 13.5. The van der Waals surface area contributed by atoms with E-state index in [1.54, 1.807) is 17.8 Å². The summed E-state index contributed by atoms with van der Waals surface area (Å²) in [6.07, 6.45) is 0.818. The lowest BCUT2D eigenvalue weighted by atomic mass is 10.0. The standard InChI is InChI=1S/C17H16FNOS/c1-11-4-2-3-5-13(11)17(20)19-15-8-9-21-16-7-6-12(18)10-14(15)16/h2-7,10,15H,8-9H2,1H3,(H,19,20). The van der Waals surface area contributed by atoms with Crippen molar-refractivity contribution in [1.82, 2.24) is 5.32 Å². The summed E-state index contributed by atoms with van der Waals surface area (Å²) >= 11 is 1.71. The molecule has 0 saturated carbocycles. The van der Waals surface area contributed by atoms with Crippen LogP contribution in [0, 0.1) is 12.7 Å². The number of carbonyl (C=O) groups excluding carboxylic acids is 1. The van der Waals surface area contributed by atoms with Crippen LogP contribution in [-0.4, -0.2) is 11.7 Å². The second-order valence-corrected chi connectivity index (χ2v) is 6.30. The predicted octanol–water partition coefficient (Wildman–Crippen LogP) is 4.10. The molecule has 1 heterocycles. The maximum atomic E-state index is 13.5. The normalized spacial score (nSPS) is 17.1. The van der Waals surface area contributed by atoms with E-state index >= 15 is 0 Å². The molecule has 21 heavy (non-hydrogen) atoms. The van der Waals surface area contributed by atoms with E-state index in [-0.39, 0.29) is 17.8 Å². The van der Waals surface area contributed by atoms with Crippen LogP contribution in [0.4, 0.5) is 4.39 Å². The van der Waals surface area contributed by atoms with Crippen molar-refractivity contribution >= 4 is 17.7 Å². The SMILES string of the molecule is Cc1ccccc1C(=O)NC1CCSc2ccc(F)cc21. The van der Waals surface area contributed by atoms with Crippen molar-refractivity contribution in [2.24, 2.45) is 0 Å². The molecule has 2 aromatic rings.